The van der Waals surface area contributed by atoms with Gasteiger partial charge in [-0.1, -0.05) is 42.3 Å². The first kappa shape index (κ1) is 34.1. The molecule has 0 radical (unpaired) electrons. The Hall–Kier alpha value is -2.42. The van der Waals surface area contributed by atoms with Gasteiger partial charge in [0.25, 0.3) is 0 Å². The van der Waals surface area contributed by atoms with Crippen molar-refractivity contribution in [2.45, 2.75) is 103 Å². The van der Waals surface area contributed by atoms with Crippen LogP contribution in [0.3, 0.4) is 0 Å². The Kier molecular flexibility index (Phi) is 15.4. The maximum atomic E-state index is 12.4. The number of benzene rings is 1. The molecule has 0 aromatic heterocycles. The number of amides is 1. The second-order valence-corrected chi connectivity index (χ2v) is 12.0. The number of hydrogen-bond acceptors (Lipinski definition) is 7. The monoisotopic (exact) mass is 603 g/mol. The number of likely N-dealkylation sites (tertiary alicyclic amines) is 1. The van der Waals surface area contributed by atoms with E-state index < -0.39 is 6.10 Å². The number of piperidine rings is 1. The summed E-state index contributed by atoms with van der Waals surface area (Å²) in [6.45, 7) is 8.25. The number of carbonyl (C=O) groups is 2. The van der Waals surface area contributed by atoms with E-state index in [0.29, 0.717) is 31.0 Å². The zero-order valence-electron chi connectivity index (χ0n) is 25.5. The second kappa shape index (κ2) is 19.0. The Morgan fingerprint density at radius 1 is 1.14 bits per heavy atom. The number of aliphatic hydroxyl groups excluding tert-OH is 1. The lowest BCUT2D eigenvalue weighted by Gasteiger charge is -2.34. The molecule has 1 unspecified atom stereocenters. The van der Waals surface area contributed by atoms with Crippen LogP contribution < -0.4 is 0 Å². The Morgan fingerprint density at radius 3 is 2.79 bits per heavy atom. The summed E-state index contributed by atoms with van der Waals surface area (Å²) >= 11 is 6.00. The van der Waals surface area contributed by atoms with Gasteiger partial charge < -0.3 is 24.4 Å². The second-order valence-electron chi connectivity index (χ2n) is 11.6. The van der Waals surface area contributed by atoms with Gasteiger partial charge in [-0.25, -0.2) is 4.79 Å². The molecule has 0 spiro atoms. The number of esters is 1. The minimum absolute atomic E-state index is 0.00259. The lowest BCUT2D eigenvalue weighted by molar-refractivity contribution is -0.152. The number of unbranched alkanes of at least 4 members (excludes halogenated alkanes) is 1. The molecule has 3 aliphatic rings. The Morgan fingerprint density at radius 2 is 1.98 bits per heavy atom. The maximum absolute atomic E-state index is 12.4. The molecular weight excluding hydrogens is 554 g/mol. The van der Waals surface area contributed by atoms with E-state index in [-0.39, 0.29) is 30.6 Å². The van der Waals surface area contributed by atoms with E-state index in [2.05, 4.69) is 9.89 Å². The number of hydrogen-bond donors (Lipinski definition) is 1. The molecule has 42 heavy (non-hydrogen) atoms. The van der Waals surface area contributed by atoms with Crippen LogP contribution in [0.4, 0.5) is 0 Å². The number of aliphatic hydroxyl groups is 1. The smallest absolute Gasteiger partial charge is 0.332 e. The van der Waals surface area contributed by atoms with Gasteiger partial charge in [-0.05, 0) is 76.5 Å². The average Bonchev–Trinajstić information content (AvgIpc) is 3.20. The molecule has 4 rings (SSSR count). The van der Waals surface area contributed by atoms with Crippen molar-refractivity contribution in [1.29, 1.82) is 0 Å². The number of fused-ring (bicyclic) bond motifs is 1. The summed E-state index contributed by atoms with van der Waals surface area (Å²) < 4.78 is 10.4. The third-order valence-electron chi connectivity index (χ3n) is 7.60. The first-order valence-corrected chi connectivity index (χ1v) is 16.2. The predicted molar refractivity (Wildman–Crippen MR) is 168 cm³/mol. The van der Waals surface area contributed by atoms with Gasteiger partial charge in [-0.15, -0.1) is 0 Å². The minimum atomic E-state index is -0.628. The standard InChI is InChI=1S/C24H34ClNO5.C9H16N2/c1-18(2)31-24(29)17-30-14-4-3-13-26-21(9-6-10-23(26)28)11-12-22(27)16-19-7-5-8-20(25)15-19;1-2-5-9-10-6-4-8-11(9)7-3-1/h5,7-8,11-12,15,18,21-22,27H,3-4,6,9-10,13-14,16-17H2,1-2H3;1-8H2/t21-,22?;/m1./s1. The molecule has 0 bridgehead atoms. The van der Waals surface area contributed by atoms with E-state index >= 15 is 0 Å². The van der Waals surface area contributed by atoms with Crippen LogP contribution in [0.1, 0.15) is 83.6 Å². The van der Waals surface area contributed by atoms with Crippen LogP contribution in [-0.2, 0) is 25.5 Å². The van der Waals surface area contributed by atoms with Crippen molar-refractivity contribution in [2.75, 3.05) is 39.4 Å². The Balaban J connectivity index is 0.000000363. The van der Waals surface area contributed by atoms with Crippen LogP contribution in [0.25, 0.3) is 0 Å². The third-order valence-corrected chi connectivity index (χ3v) is 7.83. The Labute approximate surface area is 257 Å². The van der Waals surface area contributed by atoms with Crippen molar-refractivity contribution in [2.24, 2.45) is 4.99 Å². The highest BCUT2D eigenvalue weighted by Crippen LogP contribution is 2.21. The molecule has 1 amide bonds. The molecule has 8 nitrogen and oxygen atoms in total. The van der Waals surface area contributed by atoms with Gasteiger partial charge in [-0.3, -0.25) is 9.79 Å². The molecule has 0 saturated carbocycles. The number of carbonyl (C=O) groups excluding carboxylic acids is 2. The van der Waals surface area contributed by atoms with E-state index in [9.17, 15) is 14.7 Å². The number of nitrogens with zero attached hydrogens (tertiary/aromatic N) is 3. The van der Waals surface area contributed by atoms with Crippen molar-refractivity contribution < 1.29 is 24.2 Å². The van der Waals surface area contributed by atoms with Crippen molar-refractivity contribution >= 4 is 29.3 Å². The van der Waals surface area contributed by atoms with E-state index in [1.165, 1.54) is 51.0 Å². The van der Waals surface area contributed by atoms with Gasteiger partial charge in [0.15, 0.2) is 0 Å². The lowest BCUT2D eigenvalue weighted by Crippen LogP contribution is -2.43. The SMILES string of the molecule is C1CCC2=NCCCN2CC1.CC(C)OC(=O)COCCCCN1C(=O)CCC[C@@H]1C=CC(O)Cc1cccc(Cl)c1. The van der Waals surface area contributed by atoms with Gasteiger partial charge in [0.2, 0.25) is 5.91 Å². The topological polar surface area (TPSA) is 91.7 Å². The van der Waals surface area contributed by atoms with Gasteiger partial charge in [-0.2, -0.15) is 0 Å². The van der Waals surface area contributed by atoms with Crippen LogP contribution >= 0.6 is 11.6 Å². The molecule has 9 heteroatoms. The molecule has 2 saturated heterocycles. The molecule has 2 fully saturated rings. The predicted octanol–water partition coefficient (Wildman–Crippen LogP) is 5.59. The van der Waals surface area contributed by atoms with Crippen molar-refractivity contribution in [3.63, 3.8) is 0 Å². The Bertz CT molecular complexity index is 1030. The first-order chi connectivity index (χ1) is 20.3. The van der Waals surface area contributed by atoms with Crippen LogP contribution in [0.2, 0.25) is 5.02 Å². The average molecular weight is 604 g/mol. The highest BCUT2D eigenvalue weighted by Gasteiger charge is 2.25. The molecule has 2 atom stereocenters. The summed E-state index contributed by atoms with van der Waals surface area (Å²) in [4.78, 5) is 32.8. The molecule has 1 aromatic carbocycles. The summed E-state index contributed by atoms with van der Waals surface area (Å²) in [7, 11) is 0. The van der Waals surface area contributed by atoms with Crippen LogP contribution in [0, 0.1) is 0 Å². The summed E-state index contributed by atoms with van der Waals surface area (Å²) in [5, 5.41) is 11.0. The highest BCUT2D eigenvalue weighted by molar-refractivity contribution is 6.30. The summed E-state index contributed by atoms with van der Waals surface area (Å²) in [5.41, 5.74) is 0.971. The van der Waals surface area contributed by atoms with Gasteiger partial charge in [0, 0.05) is 57.1 Å². The molecular formula is C33H50ClN3O5. The largest absolute Gasteiger partial charge is 0.461 e. The van der Waals surface area contributed by atoms with Crippen LogP contribution in [-0.4, -0.2) is 90.3 Å². The molecule has 1 aromatic rings. The quantitative estimate of drug-likeness (QED) is 0.190. The molecule has 3 heterocycles. The summed E-state index contributed by atoms with van der Waals surface area (Å²) in [6.07, 6.45) is 13.9. The fourth-order valence-electron chi connectivity index (χ4n) is 5.55. The number of amidine groups is 1. The number of aliphatic imine (C=N–C) groups is 1. The van der Waals surface area contributed by atoms with Crippen molar-refractivity contribution in [3.05, 3.63) is 47.0 Å². The van der Waals surface area contributed by atoms with Gasteiger partial charge in [0.1, 0.15) is 6.61 Å². The van der Waals surface area contributed by atoms with Gasteiger partial charge in [0.05, 0.1) is 24.1 Å². The van der Waals surface area contributed by atoms with E-state index in [4.69, 9.17) is 21.1 Å². The van der Waals surface area contributed by atoms with Crippen molar-refractivity contribution in [3.8, 4) is 0 Å². The minimum Gasteiger partial charge on any atom is -0.461 e. The zero-order chi connectivity index (χ0) is 30.2. The zero-order valence-corrected chi connectivity index (χ0v) is 26.3. The third kappa shape index (κ3) is 12.8. The molecule has 0 aliphatic carbocycles. The van der Waals surface area contributed by atoms with E-state index in [1.807, 2.05) is 29.2 Å². The fraction of sp³-hybridized carbons (Fsp3) is 0.667. The summed E-state index contributed by atoms with van der Waals surface area (Å²) in [6, 6.07) is 7.45. The lowest BCUT2D eigenvalue weighted by atomic mass is 9.99. The molecule has 234 valence electrons. The number of rotatable bonds is 12. The first-order valence-electron chi connectivity index (χ1n) is 15.8. The molecule has 1 N–H and O–H groups in total. The normalized spacial score (nSPS) is 20.0. The van der Waals surface area contributed by atoms with Crippen LogP contribution in [0.5, 0.6) is 0 Å². The fourth-order valence-corrected chi connectivity index (χ4v) is 5.76. The van der Waals surface area contributed by atoms with Gasteiger partial charge >= 0.3 is 5.97 Å². The number of ether oxygens (including phenoxy) is 2. The number of halogens is 1. The highest BCUT2D eigenvalue weighted by atomic mass is 35.5. The van der Waals surface area contributed by atoms with Crippen molar-refractivity contribution in [1.82, 2.24) is 9.80 Å². The van der Waals surface area contributed by atoms with E-state index in [1.54, 1.807) is 26.0 Å². The van der Waals surface area contributed by atoms with E-state index in [0.717, 1.165) is 37.8 Å². The maximum Gasteiger partial charge on any atom is 0.332 e. The summed E-state index contributed by atoms with van der Waals surface area (Å²) in [5.74, 6) is 1.18. The molecule has 3 aliphatic heterocycles. The van der Waals surface area contributed by atoms with Crippen LogP contribution in [0.15, 0.2) is 41.4 Å².